The molecule has 0 amide bonds. The van der Waals surface area contributed by atoms with Crippen molar-refractivity contribution in [2.24, 2.45) is 5.92 Å². The number of carboxylic acids is 1. The smallest absolute Gasteiger partial charge is 0.307 e. The van der Waals surface area contributed by atoms with Gasteiger partial charge in [0, 0.05) is 6.04 Å². The summed E-state index contributed by atoms with van der Waals surface area (Å²) in [5.74, 6) is -1.83. The van der Waals surface area contributed by atoms with Gasteiger partial charge in [-0.15, -0.1) is 0 Å². The Kier molecular flexibility index (Phi) is 5.17. The first kappa shape index (κ1) is 17.7. The number of aryl methyl sites for hydroxylation is 2. The van der Waals surface area contributed by atoms with E-state index in [1.807, 2.05) is 19.9 Å². The van der Waals surface area contributed by atoms with E-state index in [4.69, 9.17) is 5.11 Å². The van der Waals surface area contributed by atoms with Crippen molar-refractivity contribution < 1.29 is 18.3 Å². The number of benzene rings is 1. The van der Waals surface area contributed by atoms with Gasteiger partial charge in [0.1, 0.15) is 0 Å². The molecular weight excluding hydrogens is 290 g/mol. The molecule has 0 saturated heterocycles. The molecule has 21 heavy (non-hydrogen) atoms. The lowest BCUT2D eigenvalue weighted by molar-refractivity contribution is -0.141. The van der Waals surface area contributed by atoms with E-state index in [0.717, 1.165) is 11.1 Å². The lowest BCUT2D eigenvalue weighted by atomic mass is 10.0. The molecule has 0 bridgehead atoms. The molecule has 0 aliphatic rings. The highest BCUT2D eigenvalue weighted by Crippen LogP contribution is 2.26. The van der Waals surface area contributed by atoms with E-state index in [0.29, 0.717) is 11.1 Å². The van der Waals surface area contributed by atoms with E-state index >= 15 is 0 Å². The van der Waals surface area contributed by atoms with Crippen LogP contribution in [0.2, 0.25) is 0 Å². The summed E-state index contributed by atoms with van der Waals surface area (Å²) in [6, 6.07) is 1.26. The largest absolute Gasteiger partial charge is 0.481 e. The fourth-order valence-corrected chi connectivity index (χ4v) is 4.14. The Hall–Kier alpha value is -1.40. The van der Waals surface area contributed by atoms with Crippen molar-refractivity contribution in [3.05, 3.63) is 28.3 Å². The quantitative estimate of drug-likeness (QED) is 0.873. The van der Waals surface area contributed by atoms with Crippen molar-refractivity contribution in [1.82, 2.24) is 4.72 Å². The third-order valence-electron chi connectivity index (χ3n) is 4.05. The number of nitrogens with one attached hydrogen (secondary N) is 1. The van der Waals surface area contributed by atoms with Gasteiger partial charge < -0.3 is 5.11 Å². The summed E-state index contributed by atoms with van der Waals surface area (Å²) in [7, 11) is -3.76. The summed E-state index contributed by atoms with van der Waals surface area (Å²) in [5, 5.41) is 8.98. The molecule has 5 nitrogen and oxygen atoms in total. The minimum absolute atomic E-state index is 0.254. The molecule has 118 valence electrons. The molecule has 1 rings (SSSR count). The molecule has 0 fully saturated rings. The Morgan fingerprint density at radius 3 is 1.90 bits per heavy atom. The average molecular weight is 313 g/mol. The maximum Gasteiger partial charge on any atom is 0.307 e. The number of carbonyl (C=O) groups is 1. The van der Waals surface area contributed by atoms with Gasteiger partial charge >= 0.3 is 5.97 Å². The number of rotatable bonds is 5. The van der Waals surface area contributed by atoms with Crippen LogP contribution in [0.5, 0.6) is 0 Å². The van der Waals surface area contributed by atoms with Crippen molar-refractivity contribution in [1.29, 1.82) is 0 Å². The van der Waals surface area contributed by atoms with Crippen LogP contribution in [0.3, 0.4) is 0 Å². The molecule has 0 aliphatic carbocycles. The van der Waals surface area contributed by atoms with Gasteiger partial charge in [-0.1, -0.05) is 13.0 Å². The van der Waals surface area contributed by atoms with Crippen LogP contribution in [-0.4, -0.2) is 25.5 Å². The molecular formula is C15H23NO4S. The molecule has 0 aromatic heterocycles. The summed E-state index contributed by atoms with van der Waals surface area (Å²) in [6.45, 7) is 10.3. The standard InChI is InChI=1S/C15H23NO4S/c1-8-7-9(2)11(4)14(10(8)3)21(19,20)16-13(6)12(5)15(17)18/h7,12-13,16H,1-6H3,(H,17,18). The molecule has 0 saturated carbocycles. The summed E-state index contributed by atoms with van der Waals surface area (Å²) in [6.07, 6.45) is 0. The fourth-order valence-electron chi connectivity index (χ4n) is 2.20. The van der Waals surface area contributed by atoms with E-state index in [2.05, 4.69) is 4.72 Å². The zero-order chi connectivity index (χ0) is 16.5. The van der Waals surface area contributed by atoms with Gasteiger partial charge in [0.2, 0.25) is 10.0 Å². The Bertz CT molecular complexity index is 638. The molecule has 2 unspecified atom stereocenters. The first-order valence-corrected chi connectivity index (χ1v) is 8.30. The lowest BCUT2D eigenvalue weighted by Crippen LogP contribution is -2.40. The minimum atomic E-state index is -3.76. The summed E-state index contributed by atoms with van der Waals surface area (Å²) >= 11 is 0. The number of sulfonamides is 1. The lowest BCUT2D eigenvalue weighted by Gasteiger charge is -2.21. The van der Waals surface area contributed by atoms with Crippen molar-refractivity contribution >= 4 is 16.0 Å². The van der Waals surface area contributed by atoms with Crippen LogP contribution in [-0.2, 0) is 14.8 Å². The van der Waals surface area contributed by atoms with Crippen LogP contribution in [0.4, 0.5) is 0 Å². The first-order chi connectivity index (χ1) is 9.49. The molecule has 0 radical (unpaired) electrons. The maximum atomic E-state index is 12.6. The van der Waals surface area contributed by atoms with E-state index in [9.17, 15) is 13.2 Å². The molecule has 2 atom stereocenters. The number of hydrogen-bond acceptors (Lipinski definition) is 3. The average Bonchev–Trinajstić information content (AvgIpc) is 2.34. The summed E-state index contributed by atoms with van der Waals surface area (Å²) < 4.78 is 27.7. The maximum absolute atomic E-state index is 12.6. The predicted molar refractivity (Wildman–Crippen MR) is 82.0 cm³/mol. The second kappa shape index (κ2) is 6.15. The Morgan fingerprint density at radius 2 is 1.52 bits per heavy atom. The number of aliphatic carboxylic acids is 1. The molecule has 0 aliphatic heterocycles. The van der Waals surface area contributed by atoms with E-state index in [1.165, 1.54) is 6.92 Å². The van der Waals surface area contributed by atoms with Gasteiger partial charge in [0.05, 0.1) is 10.8 Å². The van der Waals surface area contributed by atoms with Gasteiger partial charge in [-0.25, -0.2) is 13.1 Å². The van der Waals surface area contributed by atoms with Gasteiger partial charge in [-0.05, 0) is 56.9 Å². The van der Waals surface area contributed by atoms with Crippen molar-refractivity contribution in [2.75, 3.05) is 0 Å². The van der Waals surface area contributed by atoms with Gasteiger partial charge in [-0.3, -0.25) is 4.79 Å². The van der Waals surface area contributed by atoms with E-state index in [1.54, 1.807) is 20.8 Å². The molecule has 0 spiro atoms. The van der Waals surface area contributed by atoms with Crippen LogP contribution in [0.1, 0.15) is 36.1 Å². The zero-order valence-corrected chi connectivity index (χ0v) is 14.1. The topological polar surface area (TPSA) is 83.5 Å². The van der Waals surface area contributed by atoms with E-state index in [-0.39, 0.29) is 4.90 Å². The molecule has 6 heteroatoms. The third kappa shape index (κ3) is 3.63. The highest BCUT2D eigenvalue weighted by Gasteiger charge is 2.28. The predicted octanol–water partition coefficient (Wildman–Crippen LogP) is 2.31. The normalized spacial score (nSPS) is 14.8. The number of hydrogen-bond donors (Lipinski definition) is 2. The van der Waals surface area contributed by atoms with E-state index < -0.39 is 28.0 Å². The van der Waals surface area contributed by atoms with Crippen molar-refractivity contribution in [3.8, 4) is 0 Å². The van der Waals surface area contributed by atoms with Gasteiger partial charge in [-0.2, -0.15) is 0 Å². The minimum Gasteiger partial charge on any atom is -0.481 e. The molecule has 2 N–H and O–H groups in total. The van der Waals surface area contributed by atoms with Gasteiger partial charge in [0.25, 0.3) is 0 Å². The Balaban J connectivity index is 3.30. The zero-order valence-electron chi connectivity index (χ0n) is 13.3. The van der Waals surface area contributed by atoms with Crippen LogP contribution in [0.25, 0.3) is 0 Å². The Labute approximate surface area is 126 Å². The Morgan fingerprint density at radius 1 is 1.10 bits per heavy atom. The second-order valence-corrected chi connectivity index (χ2v) is 7.28. The SMILES string of the molecule is Cc1cc(C)c(C)c(S(=O)(=O)NC(C)C(C)C(=O)O)c1C. The summed E-state index contributed by atoms with van der Waals surface area (Å²) in [5.41, 5.74) is 3.19. The number of carboxylic acid groups (broad SMARTS) is 1. The second-order valence-electron chi connectivity index (χ2n) is 5.63. The summed E-state index contributed by atoms with van der Waals surface area (Å²) in [4.78, 5) is 11.2. The van der Waals surface area contributed by atoms with Crippen LogP contribution in [0.15, 0.2) is 11.0 Å². The first-order valence-electron chi connectivity index (χ1n) is 6.81. The molecule has 1 aromatic rings. The highest BCUT2D eigenvalue weighted by molar-refractivity contribution is 7.89. The van der Waals surface area contributed by atoms with Gasteiger partial charge in [0.15, 0.2) is 0 Å². The molecule has 0 heterocycles. The van der Waals surface area contributed by atoms with Crippen molar-refractivity contribution in [2.45, 2.75) is 52.5 Å². The monoisotopic (exact) mass is 313 g/mol. The fraction of sp³-hybridized carbons (Fsp3) is 0.533. The van der Waals surface area contributed by atoms with Crippen LogP contribution >= 0.6 is 0 Å². The van der Waals surface area contributed by atoms with Crippen molar-refractivity contribution in [3.63, 3.8) is 0 Å². The van der Waals surface area contributed by atoms with Crippen LogP contribution < -0.4 is 4.72 Å². The highest BCUT2D eigenvalue weighted by atomic mass is 32.2. The molecule has 1 aromatic carbocycles. The van der Waals surface area contributed by atoms with Crippen LogP contribution in [0, 0.1) is 33.6 Å². The third-order valence-corrected chi connectivity index (χ3v) is 5.88.